The second-order valence-corrected chi connectivity index (χ2v) is 10.1. The minimum Gasteiger partial charge on any atom is -1.00 e. The summed E-state index contributed by atoms with van der Waals surface area (Å²) < 4.78 is 18.5. The Morgan fingerprint density at radius 3 is 1.00 bits per heavy atom. The average Bonchev–Trinajstić information content (AvgIpc) is 1.93. The van der Waals surface area contributed by atoms with E-state index in [1.165, 1.54) is 0 Å². The molecule has 0 fully saturated rings. The van der Waals surface area contributed by atoms with Crippen molar-refractivity contribution >= 4 is 31.9 Å². The van der Waals surface area contributed by atoms with Gasteiger partial charge >= 0.3 is 31.9 Å². The van der Waals surface area contributed by atoms with Gasteiger partial charge in [0.25, 0.3) is 0 Å². The summed E-state index contributed by atoms with van der Waals surface area (Å²) in [5, 5.41) is 0. The van der Waals surface area contributed by atoms with E-state index in [2.05, 4.69) is 6.92 Å². The number of rotatable bonds is 4. The van der Waals surface area contributed by atoms with Gasteiger partial charge in [-0.05, 0) is 62.3 Å². The Morgan fingerprint density at radius 1 is 0.700 bits per heavy atom. The van der Waals surface area contributed by atoms with Gasteiger partial charge in [0.2, 0.25) is 0 Å². The normalized spacial score (nSPS) is 13.5. The molecule has 0 bridgehead atoms. The van der Waals surface area contributed by atoms with Gasteiger partial charge in [-0.25, -0.2) is 0 Å². The van der Waals surface area contributed by atoms with E-state index in [9.17, 15) is 0 Å². The second kappa shape index (κ2) is 9.03. The maximum absolute atomic E-state index is 6.16. The van der Waals surface area contributed by atoms with Gasteiger partial charge in [-0.15, -0.1) is 6.04 Å². The summed E-state index contributed by atoms with van der Waals surface area (Å²) >= 11 is 0. The van der Waals surface area contributed by atoms with Crippen LogP contribution in [0.25, 0.3) is 0 Å². The molecule has 0 aliphatic rings. The standard InChI is InChI=1S/C14H31O3Si.HI.Mg/c1-11-18(15-12(2,3)4,16-13(5,6)7)17-14(8,9)10;;/h1,11H2,2-10H3;1H;/q-1;;+2/p-1. The summed E-state index contributed by atoms with van der Waals surface area (Å²) in [6.07, 6.45) is 0. The molecule has 0 N–H and O–H groups in total. The molecule has 0 amide bonds. The molecule has 0 atom stereocenters. The van der Waals surface area contributed by atoms with Crippen LogP contribution in [-0.2, 0) is 13.3 Å². The van der Waals surface area contributed by atoms with Crippen molar-refractivity contribution in [1.29, 1.82) is 0 Å². The smallest absolute Gasteiger partial charge is 1.00 e. The fourth-order valence-corrected chi connectivity index (χ4v) is 4.85. The zero-order chi connectivity index (χ0) is 14.8. The zero-order valence-electron chi connectivity index (χ0n) is 14.7. The van der Waals surface area contributed by atoms with Crippen LogP contribution in [0.5, 0.6) is 0 Å². The van der Waals surface area contributed by atoms with Gasteiger partial charge in [0, 0.05) is 0 Å². The van der Waals surface area contributed by atoms with E-state index in [4.69, 9.17) is 13.3 Å². The second-order valence-electron chi connectivity index (χ2n) is 7.58. The molecule has 0 aliphatic heterocycles. The molecule has 3 nitrogen and oxygen atoms in total. The van der Waals surface area contributed by atoms with Gasteiger partial charge in [0.1, 0.15) is 0 Å². The van der Waals surface area contributed by atoms with Crippen LogP contribution < -0.4 is 24.0 Å². The van der Waals surface area contributed by atoms with Crippen molar-refractivity contribution in [3.05, 3.63) is 6.92 Å². The minimum atomic E-state index is -2.79. The van der Waals surface area contributed by atoms with E-state index in [0.717, 1.165) is 0 Å². The molecule has 0 saturated heterocycles. The van der Waals surface area contributed by atoms with Crippen LogP contribution in [0.3, 0.4) is 0 Å². The monoisotopic (exact) mass is 426 g/mol. The van der Waals surface area contributed by atoms with E-state index in [1.54, 1.807) is 0 Å². The van der Waals surface area contributed by atoms with Gasteiger partial charge in [-0.1, -0.05) is 0 Å². The maximum Gasteiger partial charge on any atom is 2.00 e. The number of halogens is 1. The van der Waals surface area contributed by atoms with Crippen LogP contribution in [0.2, 0.25) is 6.04 Å². The summed E-state index contributed by atoms with van der Waals surface area (Å²) in [4.78, 5) is 0. The predicted molar refractivity (Wildman–Crippen MR) is 84.2 cm³/mol. The quantitative estimate of drug-likeness (QED) is 0.379. The van der Waals surface area contributed by atoms with Gasteiger partial charge in [-0.2, -0.15) is 0 Å². The molecule has 0 saturated carbocycles. The van der Waals surface area contributed by atoms with E-state index < -0.39 is 8.80 Å². The Balaban J connectivity index is -0.00000144. The van der Waals surface area contributed by atoms with Gasteiger partial charge in [0.05, 0.1) is 16.8 Å². The van der Waals surface area contributed by atoms with Crippen molar-refractivity contribution in [2.75, 3.05) is 0 Å². The molecule has 0 rings (SSSR count). The maximum atomic E-state index is 6.16. The molecule has 0 aromatic rings. The SMILES string of the molecule is [CH2-]C[Si](OC(C)(C)C)(OC(C)(C)C)OC(C)(C)C.[I-].[Mg+2]. The molecular formula is C14H31IMgO3Si. The molecule has 0 spiro atoms. The molecule has 0 heterocycles. The first kappa shape index (κ1) is 26.5. The fraction of sp³-hybridized carbons (Fsp3) is 0.929. The van der Waals surface area contributed by atoms with Gasteiger partial charge in [0.15, 0.2) is 0 Å². The van der Waals surface area contributed by atoms with Crippen LogP contribution in [0.1, 0.15) is 62.3 Å². The molecule has 0 aromatic carbocycles. The largest absolute Gasteiger partial charge is 2.00 e. The third kappa shape index (κ3) is 13.3. The first-order valence-corrected chi connectivity index (χ1v) is 8.51. The molecular weight excluding hydrogens is 395 g/mol. The third-order valence-electron chi connectivity index (χ3n) is 1.69. The van der Waals surface area contributed by atoms with E-state index >= 15 is 0 Å². The van der Waals surface area contributed by atoms with Crippen LogP contribution >= 0.6 is 0 Å². The Kier molecular flexibility index (Phi) is 12.0. The Morgan fingerprint density at radius 2 is 0.900 bits per heavy atom. The molecule has 20 heavy (non-hydrogen) atoms. The molecule has 0 aromatic heterocycles. The van der Waals surface area contributed by atoms with Crippen molar-refractivity contribution < 1.29 is 37.3 Å². The zero-order valence-corrected chi connectivity index (χ0v) is 19.3. The van der Waals surface area contributed by atoms with Gasteiger partial charge < -0.3 is 44.2 Å². The summed E-state index contributed by atoms with van der Waals surface area (Å²) in [5.74, 6) is 0. The Labute approximate surface area is 160 Å². The summed E-state index contributed by atoms with van der Waals surface area (Å²) in [6, 6.07) is 0.527. The van der Waals surface area contributed by atoms with Crippen LogP contribution in [0.4, 0.5) is 0 Å². The van der Waals surface area contributed by atoms with E-state index in [0.29, 0.717) is 6.04 Å². The van der Waals surface area contributed by atoms with Crippen LogP contribution in [0.15, 0.2) is 0 Å². The third-order valence-corrected chi connectivity index (χ3v) is 5.07. The molecule has 0 aliphatic carbocycles. The minimum absolute atomic E-state index is 0. The summed E-state index contributed by atoms with van der Waals surface area (Å²) in [7, 11) is -2.79. The molecule has 6 heteroatoms. The van der Waals surface area contributed by atoms with Crippen LogP contribution in [0, 0.1) is 6.92 Å². The summed E-state index contributed by atoms with van der Waals surface area (Å²) in [6.45, 7) is 22.1. The molecule has 0 radical (unpaired) electrons. The first-order valence-electron chi connectivity index (χ1n) is 6.58. The Bertz CT molecular complexity index is 226. The average molecular weight is 427 g/mol. The fourth-order valence-electron chi connectivity index (χ4n) is 1.62. The van der Waals surface area contributed by atoms with Gasteiger partial charge in [-0.3, -0.25) is 0 Å². The number of hydrogen-bond acceptors (Lipinski definition) is 3. The topological polar surface area (TPSA) is 27.7 Å². The van der Waals surface area contributed by atoms with Crippen molar-refractivity contribution in [3.8, 4) is 0 Å². The molecule has 118 valence electrons. The van der Waals surface area contributed by atoms with Crippen molar-refractivity contribution in [1.82, 2.24) is 0 Å². The van der Waals surface area contributed by atoms with Crippen molar-refractivity contribution in [3.63, 3.8) is 0 Å². The predicted octanol–water partition coefficient (Wildman–Crippen LogP) is 0.828. The number of hydrogen-bond donors (Lipinski definition) is 0. The van der Waals surface area contributed by atoms with Crippen molar-refractivity contribution in [2.24, 2.45) is 0 Å². The Hall–Kier alpha value is 1.59. The van der Waals surface area contributed by atoms with E-state index in [1.807, 2.05) is 62.3 Å². The molecule has 0 unspecified atom stereocenters. The summed E-state index contributed by atoms with van der Waals surface area (Å²) in [5.41, 5.74) is -0.915. The van der Waals surface area contributed by atoms with E-state index in [-0.39, 0.29) is 63.8 Å². The van der Waals surface area contributed by atoms with Crippen molar-refractivity contribution in [2.45, 2.75) is 85.2 Å². The first-order chi connectivity index (χ1) is 7.68. The van der Waals surface area contributed by atoms with Crippen LogP contribution in [-0.4, -0.2) is 48.7 Å².